The van der Waals surface area contributed by atoms with Gasteiger partial charge in [0.05, 0.1) is 11.1 Å². The molecule has 3 rings (SSSR count). The van der Waals surface area contributed by atoms with Gasteiger partial charge in [0.2, 0.25) is 0 Å². The van der Waals surface area contributed by atoms with Crippen molar-refractivity contribution in [3.63, 3.8) is 0 Å². The highest BCUT2D eigenvalue weighted by atomic mass is 19.3. The largest absolute Gasteiger partial charge is 0.457 e. The summed E-state index contributed by atoms with van der Waals surface area (Å²) in [6, 6.07) is 14.2. The van der Waals surface area contributed by atoms with Gasteiger partial charge in [0.1, 0.15) is 24.7 Å². The molecule has 0 heterocycles. The van der Waals surface area contributed by atoms with Gasteiger partial charge in [-0.2, -0.15) is 17.6 Å². The molecule has 0 unspecified atom stereocenters. The molecular weight excluding hydrogens is 604 g/mol. The van der Waals surface area contributed by atoms with Gasteiger partial charge in [-0.3, -0.25) is 0 Å². The third-order valence-electron chi connectivity index (χ3n) is 5.33. The zero-order chi connectivity index (χ0) is 35.5. The minimum absolute atomic E-state index is 0.112. The van der Waals surface area contributed by atoms with Gasteiger partial charge >= 0.3 is 24.2 Å². The van der Waals surface area contributed by atoms with Gasteiger partial charge in [-0.25, -0.2) is 9.59 Å². The summed E-state index contributed by atoms with van der Waals surface area (Å²) in [7, 11) is 0. The summed E-state index contributed by atoms with van der Waals surface area (Å²) in [4.78, 5) is 22.9. The smallest absolute Gasteiger partial charge is 0.426 e. The molecule has 6 nitrogen and oxygen atoms in total. The number of carbonyl (C=O) groups is 2. The van der Waals surface area contributed by atoms with Crippen molar-refractivity contribution in [2.45, 2.75) is 80.8 Å². The van der Waals surface area contributed by atoms with Crippen molar-refractivity contribution in [2.24, 2.45) is 0 Å². The third kappa shape index (κ3) is 13.6. The highest BCUT2D eigenvalue weighted by Gasteiger charge is 2.36. The molecule has 3 aromatic rings. The Balaban J connectivity index is 0.00000318. The lowest BCUT2D eigenvalue weighted by atomic mass is 10.1. The molecule has 0 fully saturated rings. The van der Waals surface area contributed by atoms with Crippen LogP contribution in [-0.4, -0.2) is 11.9 Å². The van der Waals surface area contributed by atoms with Crippen molar-refractivity contribution in [2.75, 3.05) is 0 Å². The number of hydrogen-bond donors (Lipinski definition) is 0. The topological polar surface area (TPSA) is 71.1 Å². The number of benzene rings is 3. The van der Waals surface area contributed by atoms with E-state index in [9.17, 15) is 27.2 Å². The predicted molar refractivity (Wildman–Crippen MR) is 172 cm³/mol. The van der Waals surface area contributed by atoms with Crippen LogP contribution in [0.1, 0.15) is 77.6 Å². The fourth-order valence-electron chi connectivity index (χ4n) is 3.12. The highest BCUT2D eigenvalue weighted by molar-refractivity contribution is 5.87. The van der Waals surface area contributed by atoms with Crippen LogP contribution in [0.15, 0.2) is 97.1 Å². The summed E-state index contributed by atoms with van der Waals surface area (Å²) in [5, 5.41) is 0. The Morgan fingerprint density at radius 1 is 0.543 bits per heavy atom. The van der Waals surface area contributed by atoms with Gasteiger partial charge in [0, 0.05) is 11.1 Å². The molecular formula is C36H44F4O6. The molecule has 0 N–H and O–H groups in total. The lowest BCUT2D eigenvalue weighted by Gasteiger charge is -2.20. The summed E-state index contributed by atoms with van der Waals surface area (Å²) < 4.78 is 78.1. The van der Waals surface area contributed by atoms with Crippen LogP contribution in [0.3, 0.4) is 0 Å². The van der Waals surface area contributed by atoms with Gasteiger partial charge in [-0.15, -0.1) is 0 Å². The minimum atomic E-state index is -3.74. The van der Waals surface area contributed by atoms with Crippen LogP contribution >= 0.6 is 0 Å². The van der Waals surface area contributed by atoms with Crippen molar-refractivity contribution >= 4 is 11.9 Å². The average Bonchev–Trinajstić information content (AvgIpc) is 3.06. The van der Waals surface area contributed by atoms with Crippen molar-refractivity contribution in [1.82, 2.24) is 0 Å². The fourth-order valence-corrected chi connectivity index (χ4v) is 3.12. The SMILES string of the molecule is C=C(C)C(=O)OCc1ccc(C(F)(F)Oc2ccc(OC(F)(F)c3ccc(COC(=O)C(=C)C)cc3)cc2)cc1.CC.CC.CC. The normalized spacial score (nSPS) is 10.3. The molecule has 0 radical (unpaired) electrons. The van der Waals surface area contributed by atoms with Gasteiger partial charge in [0.25, 0.3) is 0 Å². The predicted octanol–water partition coefficient (Wildman–Crippen LogP) is 10.3. The van der Waals surface area contributed by atoms with E-state index in [0.29, 0.717) is 11.1 Å². The van der Waals surface area contributed by atoms with E-state index >= 15 is 0 Å². The second kappa shape index (κ2) is 20.4. The Morgan fingerprint density at radius 2 is 0.804 bits per heavy atom. The van der Waals surface area contributed by atoms with Crippen molar-refractivity contribution in [3.8, 4) is 11.5 Å². The Bertz CT molecular complexity index is 1260. The van der Waals surface area contributed by atoms with Crippen molar-refractivity contribution < 1.29 is 46.1 Å². The van der Waals surface area contributed by atoms with E-state index < -0.39 is 35.3 Å². The van der Waals surface area contributed by atoms with Crippen LogP contribution in [-0.2, 0) is 44.5 Å². The first-order valence-corrected chi connectivity index (χ1v) is 14.8. The Kier molecular flexibility index (Phi) is 18.4. The Hall–Kier alpha value is -4.60. The summed E-state index contributed by atoms with van der Waals surface area (Å²) in [5.41, 5.74) is 0.464. The fraction of sp³-hybridized carbons (Fsp3) is 0.333. The minimum Gasteiger partial charge on any atom is -0.457 e. The summed E-state index contributed by atoms with van der Waals surface area (Å²) >= 11 is 0. The van der Waals surface area contributed by atoms with Crippen LogP contribution in [0.2, 0.25) is 0 Å². The molecule has 0 aliphatic rings. The molecule has 0 aromatic heterocycles. The standard InChI is InChI=1S/C30H26F4O6.3C2H6/c1-19(2)27(35)37-17-21-5-9-23(10-6-21)29(31,32)39-25-13-15-26(16-14-25)40-30(33,34)24-11-7-22(8-12-24)18-38-28(36)20(3)4;3*1-2/h5-16H,1,3,17-18H2,2,4H3;3*1-2H3. The van der Waals surface area contributed by atoms with Crippen LogP contribution in [0.5, 0.6) is 11.5 Å². The maximum Gasteiger partial charge on any atom is 0.426 e. The van der Waals surface area contributed by atoms with Gasteiger partial charge in [-0.05, 0) is 73.5 Å². The first-order valence-electron chi connectivity index (χ1n) is 14.8. The molecule has 10 heteroatoms. The van der Waals surface area contributed by atoms with Crippen LogP contribution in [0.25, 0.3) is 0 Å². The lowest BCUT2D eigenvalue weighted by molar-refractivity contribution is -0.188. The summed E-state index contributed by atoms with van der Waals surface area (Å²) in [5.74, 6) is -1.76. The third-order valence-corrected chi connectivity index (χ3v) is 5.33. The molecule has 3 aromatic carbocycles. The molecule has 252 valence electrons. The van der Waals surface area contributed by atoms with Crippen LogP contribution in [0, 0.1) is 0 Å². The van der Waals surface area contributed by atoms with Crippen LogP contribution in [0.4, 0.5) is 17.6 Å². The number of alkyl halides is 4. The Labute approximate surface area is 269 Å². The number of ether oxygens (including phenoxy) is 4. The first kappa shape index (κ1) is 41.4. The molecule has 0 saturated heterocycles. The quantitative estimate of drug-likeness (QED) is 0.111. The lowest BCUT2D eigenvalue weighted by Crippen LogP contribution is -2.22. The van der Waals surface area contributed by atoms with Gasteiger partial charge in [0.15, 0.2) is 0 Å². The molecule has 0 atom stereocenters. The van der Waals surface area contributed by atoms with Gasteiger partial charge in [-0.1, -0.05) is 79.0 Å². The zero-order valence-electron chi connectivity index (χ0n) is 27.7. The maximum absolute atomic E-state index is 14.7. The molecule has 0 amide bonds. The van der Waals surface area contributed by atoms with E-state index in [2.05, 4.69) is 13.2 Å². The van der Waals surface area contributed by atoms with Crippen LogP contribution < -0.4 is 9.47 Å². The number of rotatable bonds is 12. The maximum atomic E-state index is 14.7. The Morgan fingerprint density at radius 3 is 1.04 bits per heavy atom. The van der Waals surface area contributed by atoms with Crippen molar-refractivity contribution in [1.29, 1.82) is 0 Å². The van der Waals surface area contributed by atoms with E-state index in [-0.39, 0.29) is 35.9 Å². The highest BCUT2D eigenvalue weighted by Crippen LogP contribution is 2.35. The summed E-state index contributed by atoms with van der Waals surface area (Å²) in [6.45, 7) is 21.7. The average molecular weight is 649 g/mol. The number of hydrogen-bond acceptors (Lipinski definition) is 6. The van der Waals surface area contributed by atoms with E-state index in [1.54, 1.807) is 0 Å². The second-order valence-corrected chi connectivity index (χ2v) is 8.82. The second-order valence-electron chi connectivity index (χ2n) is 8.82. The first-order chi connectivity index (χ1) is 21.8. The van der Waals surface area contributed by atoms with Crippen molar-refractivity contribution in [3.05, 3.63) is 119 Å². The zero-order valence-corrected chi connectivity index (χ0v) is 27.7. The monoisotopic (exact) mass is 648 g/mol. The molecule has 0 saturated carbocycles. The molecule has 0 bridgehead atoms. The molecule has 0 spiro atoms. The van der Waals surface area contributed by atoms with Gasteiger partial charge < -0.3 is 18.9 Å². The molecule has 0 aliphatic carbocycles. The number of esters is 2. The van der Waals surface area contributed by atoms with E-state index in [4.69, 9.17) is 18.9 Å². The number of halogens is 4. The van der Waals surface area contributed by atoms with E-state index in [1.165, 1.54) is 38.1 Å². The summed E-state index contributed by atoms with van der Waals surface area (Å²) in [6.07, 6.45) is -7.47. The molecule has 0 aliphatic heterocycles. The number of carbonyl (C=O) groups excluding carboxylic acids is 2. The molecule has 46 heavy (non-hydrogen) atoms. The van der Waals surface area contributed by atoms with E-state index in [0.717, 1.165) is 48.5 Å². The van der Waals surface area contributed by atoms with E-state index in [1.807, 2.05) is 41.5 Å².